The second-order valence-corrected chi connectivity index (χ2v) is 6.88. The van der Waals surface area contributed by atoms with Crippen molar-refractivity contribution in [3.8, 4) is 5.75 Å². The number of ether oxygens (including phenoxy) is 1. The highest BCUT2D eigenvalue weighted by Gasteiger charge is 2.14. The molecule has 0 saturated heterocycles. The molecule has 0 aliphatic carbocycles. The molecular weight excluding hydrogens is 246 g/mol. The summed E-state index contributed by atoms with van der Waals surface area (Å²) in [4.78, 5) is 0. The van der Waals surface area contributed by atoms with Gasteiger partial charge in [0.15, 0.2) is 0 Å². The fourth-order valence-electron chi connectivity index (χ4n) is 2.06. The lowest BCUT2D eigenvalue weighted by Gasteiger charge is -2.21. The Morgan fingerprint density at radius 2 is 1.95 bits per heavy atom. The van der Waals surface area contributed by atoms with E-state index >= 15 is 0 Å². The van der Waals surface area contributed by atoms with Crippen LogP contribution in [0.15, 0.2) is 18.2 Å². The van der Waals surface area contributed by atoms with E-state index < -0.39 is 0 Å². The van der Waals surface area contributed by atoms with Gasteiger partial charge in [-0.1, -0.05) is 39.8 Å². The molecule has 1 unspecified atom stereocenters. The molecule has 1 aromatic rings. The van der Waals surface area contributed by atoms with Gasteiger partial charge < -0.3 is 10.1 Å². The van der Waals surface area contributed by atoms with Gasteiger partial charge in [-0.2, -0.15) is 0 Å². The van der Waals surface area contributed by atoms with Crippen molar-refractivity contribution >= 4 is 0 Å². The quantitative estimate of drug-likeness (QED) is 0.767. The minimum atomic E-state index is 0.316. The third-order valence-electron chi connectivity index (χ3n) is 3.45. The lowest BCUT2D eigenvalue weighted by molar-refractivity contribution is 0.240. The van der Waals surface area contributed by atoms with E-state index in [4.69, 9.17) is 4.74 Å². The molecule has 1 rings (SSSR count). The predicted molar refractivity (Wildman–Crippen MR) is 87.5 cm³/mol. The van der Waals surface area contributed by atoms with Gasteiger partial charge in [0.1, 0.15) is 5.75 Å². The Morgan fingerprint density at radius 1 is 1.25 bits per heavy atom. The molecular formula is C18H31NO. The van der Waals surface area contributed by atoms with E-state index in [1.165, 1.54) is 11.1 Å². The van der Waals surface area contributed by atoms with E-state index in [0.29, 0.717) is 11.5 Å². The maximum absolute atomic E-state index is 6.06. The van der Waals surface area contributed by atoms with Crippen LogP contribution in [0.4, 0.5) is 0 Å². The van der Waals surface area contributed by atoms with E-state index in [9.17, 15) is 0 Å². The Morgan fingerprint density at radius 3 is 2.55 bits per heavy atom. The van der Waals surface area contributed by atoms with Crippen molar-refractivity contribution in [3.63, 3.8) is 0 Å². The van der Waals surface area contributed by atoms with Crippen molar-refractivity contribution in [1.82, 2.24) is 5.32 Å². The highest BCUT2D eigenvalue weighted by atomic mass is 16.5. The smallest absolute Gasteiger partial charge is 0.124 e. The first kappa shape index (κ1) is 17.0. The SMILES string of the molecule is CCCNC(C)c1ccc(C)cc1OCCC(C)(C)C. The molecule has 0 radical (unpaired) electrons. The first-order valence-corrected chi connectivity index (χ1v) is 7.80. The summed E-state index contributed by atoms with van der Waals surface area (Å²) in [6.07, 6.45) is 2.22. The second kappa shape index (κ2) is 7.68. The van der Waals surface area contributed by atoms with Gasteiger partial charge in [-0.25, -0.2) is 0 Å². The van der Waals surface area contributed by atoms with E-state index in [2.05, 4.69) is 65.1 Å². The minimum Gasteiger partial charge on any atom is -0.493 e. The van der Waals surface area contributed by atoms with Crippen LogP contribution < -0.4 is 10.1 Å². The van der Waals surface area contributed by atoms with Gasteiger partial charge in [-0.05, 0) is 50.3 Å². The molecule has 0 aliphatic rings. The van der Waals surface area contributed by atoms with E-state index in [0.717, 1.165) is 31.7 Å². The minimum absolute atomic E-state index is 0.316. The Labute approximate surface area is 124 Å². The maximum Gasteiger partial charge on any atom is 0.124 e. The largest absolute Gasteiger partial charge is 0.493 e. The zero-order chi connectivity index (χ0) is 15.2. The van der Waals surface area contributed by atoms with Crippen molar-refractivity contribution in [1.29, 1.82) is 0 Å². The topological polar surface area (TPSA) is 21.3 Å². The summed E-state index contributed by atoms with van der Waals surface area (Å²) in [6.45, 7) is 15.1. The molecule has 0 bridgehead atoms. The fraction of sp³-hybridized carbons (Fsp3) is 0.667. The normalized spacial score (nSPS) is 13.3. The fourth-order valence-corrected chi connectivity index (χ4v) is 2.06. The molecule has 1 atom stereocenters. The lowest BCUT2D eigenvalue weighted by Crippen LogP contribution is -2.20. The molecule has 1 N–H and O–H groups in total. The highest BCUT2D eigenvalue weighted by Crippen LogP contribution is 2.27. The summed E-state index contributed by atoms with van der Waals surface area (Å²) in [5.74, 6) is 1.03. The molecule has 0 fully saturated rings. The summed E-state index contributed by atoms with van der Waals surface area (Å²) in [6, 6.07) is 6.84. The van der Waals surface area contributed by atoms with Gasteiger partial charge in [0.2, 0.25) is 0 Å². The first-order valence-electron chi connectivity index (χ1n) is 7.80. The van der Waals surface area contributed by atoms with Crippen LogP contribution in [0.5, 0.6) is 5.75 Å². The van der Waals surface area contributed by atoms with Gasteiger partial charge in [0.25, 0.3) is 0 Å². The van der Waals surface area contributed by atoms with Gasteiger partial charge in [0, 0.05) is 11.6 Å². The monoisotopic (exact) mass is 277 g/mol. The van der Waals surface area contributed by atoms with Crippen molar-refractivity contribution in [2.24, 2.45) is 5.41 Å². The van der Waals surface area contributed by atoms with Gasteiger partial charge in [-0.3, -0.25) is 0 Å². The molecule has 2 heteroatoms. The standard InChI is InChI=1S/C18H31NO/c1-7-11-19-15(3)16-9-8-14(2)13-17(16)20-12-10-18(4,5)6/h8-9,13,15,19H,7,10-12H2,1-6H3. The van der Waals surface area contributed by atoms with Crippen LogP contribution in [0.25, 0.3) is 0 Å². The molecule has 0 heterocycles. The van der Waals surface area contributed by atoms with Crippen LogP contribution in [0, 0.1) is 12.3 Å². The highest BCUT2D eigenvalue weighted by molar-refractivity contribution is 5.39. The van der Waals surface area contributed by atoms with Crippen LogP contribution in [0.1, 0.15) is 64.6 Å². The number of rotatable bonds is 7. The van der Waals surface area contributed by atoms with E-state index in [1.54, 1.807) is 0 Å². The Balaban J connectivity index is 2.74. The van der Waals surface area contributed by atoms with Crippen LogP contribution in [0.2, 0.25) is 0 Å². The summed E-state index contributed by atoms with van der Waals surface area (Å²) in [5, 5.41) is 3.54. The summed E-state index contributed by atoms with van der Waals surface area (Å²) in [7, 11) is 0. The van der Waals surface area contributed by atoms with Gasteiger partial charge in [-0.15, -0.1) is 0 Å². The van der Waals surface area contributed by atoms with Crippen molar-refractivity contribution in [3.05, 3.63) is 29.3 Å². The van der Waals surface area contributed by atoms with Crippen molar-refractivity contribution in [2.75, 3.05) is 13.2 Å². The molecule has 0 aromatic heterocycles. The van der Waals surface area contributed by atoms with E-state index in [-0.39, 0.29) is 0 Å². The number of aryl methyl sites for hydroxylation is 1. The van der Waals surface area contributed by atoms with E-state index in [1.807, 2.05) is 0 Å². The summed E-state index contributed by atoms with van der Waals surface area (Å²) in [5.41, 5.74) is 2.83. The zero-order valence-electron chi connectivity index (χ0n) is 14.0. The lowest BCUT2D eigenvalue weighted by atomic mass is 9.93. The second-order valence-electron chi connectivity index (χ2n) is 6.88. The zero-order valence-corrected chi connectivity index (χ0v) is 14.0. The van der Waals surface area contributed by atoms with Crippen LogP contribution in [0.3, 0.4) is 0 Å². The number of benzene rings is 1. The molecule has 2 nitrogen and oxygen atoms in total. The Hall–Kier alpha value is -1.02. The Bertz CT molecular complexity index is 406. The van der Waals surface area contributed by atoms with Crippen LogP contribution in [-0.2, 0) is 0 Å². The third-order valence-corrected chi connectivity index (χ3v) is 3.45. The number of hydrogen-bond donors (Lipinski definition) is 1. The number of hydrogen-bond acceptors (Lipinski definition) is 2. The van der Waals surface area contributed by atoms with Crippen LogP contribution >= 0.6 is 0 Å². The molecule has 0 aliphatic heterocycles. The first-order chi connectivity index (χ1) is 9.33. The molecule has 0 spiro atoms. The molecule has 1 aromatic carbocycles. The molecule has 20 heavy (non-hydrogen) atoms. The summed E-state index contributed by atoms with van der Waals surface area (Å²) >= 11 is 0. The number of nitrogens with one attached hydrogen (secondary N) is 1. The summed E-state index contributed by atoms with van der Waals surface area (Å²) < 4.78 is 6.06. The van der Waals surface area contributed by atoms with Gasteiger partial charge >= 0.3 is 0 Å². The third kappa shape index (κ3) is 5.96. The van der Waals surface area contributed by atoms with Crippen molar-refractivity contribution in [2.45, 2.75) is 60.4 Å². The van der Waals surface area contributed by atoms with Crippen LogP contribution in [-0.4, -0.2) is 13.2 Å². The average Bonchev–Trinajstić information content (AvgIpc) is 2.34. The maximum atomic E-state index is 6.06. The Kier molecular flexibility index (Phi) is 6.54. The van der Waals surface area contributed by atoms with Gasteiger partial charge in [0.05, 0.1) is 6.61 Å². The molecule has 0 amide bonds. The molecule has 114 valence electrons. The molecule has 0 saturated carbocycles. The van der Waals surface area contributed by atoms with Crippen molar-refractivity contribution < 1.29 is 4.74 Å². The predicted octanol–water partition coefficient (Wildman–Crippen LogP) is 4.87. The average molecular weight is 277 g/mol.